The van der Waals surface area contributed by atoms with Gasteiger partial charge in [0.15, 0.2) is 5.65 Å². The van der Waals surface area contributed by atoms with Gasteiger partial charge in [-0.25, -0.2) is 14.6 Å². The average Bonchev–Trinajstić information content (AvgIpc) is 3.05. The number of aromatic amines is 2. The Morgan fingerprint density at radius 3 is 2.56 bits per heavy atom. The van der Waals surface area contributed by atoms with Crippen molar-refractivity contribution in [1.29, 1.82) is 0 Å². The van der Waals surface area contributed by atoms with Crippen molar-refractivity contribution in [3.05, 3.63) is 50.7 Å². The average molecular weight is 342 g/mol. The number of ether oxygens (including phenoxy) is 1. The maximum atomic E-state index is 12.5. The molecule has 0 saturated carbocycles. The molecule has 0 amide bonds. The smallest absolute Gasteiger partial charge is 0.337 e. The van der Waals surface area contributed by atoms with E-state index in [9.17, 15) is 14.4 Å². The van der Waals surface area contributed by atoms with Crippen LogP contribution in [0.5, 0.6) is 0 Å². The third kappa shape index (κ3) is 3.10. The Morgan fingerprint density at radius 2 is 1.92 bits per heavy atom. The van der Waals surface area contributed by atoms with Gasteiger partial charge in [-0.15, -0.1) is 0 Å². The second kappa shape index (κ2) is 6.76. The number of H-pyrrole nitrogens is 2. The highest BCUT2D eigenvalue weighted by atomic mass is 16.5. The van der Waals surface area contributed by atoms with Crippen molar-refractivity contribution in [3.8, 4) is 11.4 Å². The number of carbonyl (C=O) groups excluding carboxylic acids is 1. The third-order valence-electron chi connectivity index (χ3n) is 3.95. The fraction of sp³-hybridized carbons (Fsp3) is 0.294. The molecule has 2 heterocycles. The van der Waals surface area contributed by atoms with Crippen molar-refractivity contribution in [2.24, 2.45) is 0 Å². The number of unbranched alkanes of at least 4 members (excludes halogenated alkanes) is 1. The number of hydrogen-bond acceptors (Lipinski definition) is 5. The highest BCUT2D eigenvalue weighted by Crippen LogP contribution is 2.18. The number of benzene rings is 1. The number of esters is 1. The summed E-state index contributed by atoms with van der Waals surface area (Å²) in [5.41, 5.74) is 0.710. The first-order chi connectivity index (χ1) is 12.0. The van der Waals surface area contributed by atoms with Gasteiger partial charge in [0.25, 0.3) is 5.56 Å². The number of rotatable bonds is 5. The normalized spacial score (nSPS) is 11.0. The number of nitrogens with zero attached hydrogens (tertiary/aromatic N) is 2. The lowest BCUT2D eigenvalue weighted by atomic mass is 10.1. The lowest BCUT2D eigenvalue weighted by molar-refractivity contribution is 0.0601. The van der Waals surface area contributed by atoms with Gasteiger partial charge in [0.1, 0.15) is 11.3 Å². The summed E-state index contributed by atoms with van der Waals surface area (Å²) in [5, 5.41) is 0. The number of carbonyl (C=O) groups is 1. The molecular formula is C17H18N4O4. The van der Waals surface area contributed by atoms with Gasteiger partial charge in [-0.3, -0.25) is 14.3 Å². The topological polar surface area (TPSA) is 110 Å². The Labute approximate surface area is 142 Å². The van der Waals surface area contributed by atoms with Crippen molar-refractivity contribution in [2.45, 2.75) is 26.3 Å². The zero-order chi connectivity index (χ0) is 18.0. The quantitative estimate of drug-likeness (QED) is 0.685. The van der Waals surface area contributed by atoms with Gasteiger partial charge in [0.05, 0.1) is 12.7 Å². The minimum Gasteiger partial charge on any atom is -0.465 e. The van der Waals surface area contributed by atoms with Crippen LogP contribution in [0.2, 0.25) is 0 Å². The number of aromatic nitrogens is 4. The molecule has 8 heteroatoms. The van der Waals surface area contributed by atoms with E-state index in [2.05, 4.69) is 19.7 Å². The molecule has 0 aliphatic heterocycles. The van der Waals surface area contributed by atoms with Crippen LogP contribution in [-0.4, -0.2) is 32.6 Å². The minimum atomic E-state index is -0.468. The van der Waals surface area contributed by atoms with E-state index < -0.39 is 17.2 Å². The first-order valence-electron chi connectivity index (χ1n) is 7.96. The summed E-state index contributed by atoms with van der Waals surface area (Å²) in [4.78, 5) is 45.9. The summed E-state index contributed by atoms with van der Waals surface area (Å²) < 4.78 is 5.83. The highest BCUT2D eigenvalue weighted by Gasteiger charge is 2.13. The molecule has 3 aromatic rings. The van der Waals surface area contributed by atoms with Crippen LogP contribution in [0.3, 0.4) is 0 Å². The van der Waals surface area contributed by atoms with Gasteiger partial charge < -0.3 is 9.72 Å². The first-order valence-corrected chi connectivity index (χ1v) is 7.96. The zero-order valence-corrected chi connectivity index (χ0v) is 14.0. The Hall–Kier alpha value is -3.16. The molecule has 0 bridgehead atoms. The molecule has 2 N–H and O–H groups in total. The SMILES string of the molecule is CCCCn1c(=O)[nH]c2nc(-c3ccc(C(=O)OC)cc3)[nH]c2c1=O. The standard InChI is InChI=1S/C17H18N4O4/c1-3-4-9-21-15(22)12-14(20-17(21)24)19-13(18-12)10-5-7-11(8-6-10)16(23)25-2/h5-8H,3-4,9H2,1-2H3,(H,18,19)(H,20,24). The highest BCUT2D eigenvalue weighted by molar-refractivity contribution is 5.90. The Morgan fingerprint density at radius 1 is 1.20 bits per heavy atom. The van der Waals surface area contributed by atoms with Crippen LogP contribution in [0.15, 0.2) is 33.9 Å². The summed E-state index contributed by atoms with van der Waals surface area (Å²) in [7, 11) is 1.31. The van der Waals surface area contributed by atoms with Gasteiger partial charge in [0, 0.05) is 12.1 Å². The molecule has 3 rings (SSSR count). The van der Waals surface area contributed by atoms with Crippen molar-refractivity contribution in [3.63, 3.8) is 0 Å². The van der Waals surface area contributed by atoms with E-state index in [1.165, 1.54) is 11.7 Å². The molecule has 0 aliphatic rings. The lowest BCUT2D eigenvalue weighted by Gasteiger charge is -2.02. The molecule has 130 valence electrons. The van der Waals surface area contributed by atoms with E-state index in [-0.39, 0.29) is 11.2 Å². The first kappa shape index (κ1) is 16.7. The molecule has 0 atom stereocenters. The van der Waals surface area contributed by atoms with Gasteiger partial charge in [-0.1, -0.05) is 25.5 Å². The molecule has 2 aromatic heterocycles. The molecule has 25 heavy (non-hydrogen) atoms. The monoisotopic (exact) mass is 342 g/mol. The van der Waals surface area contributed by atoms with Crippen molar-refractivity contribution >= 4 is 17.1 Å². The van der Waals surface area contributed by atoms with E-state index >= 15 is 0 Å². The van der Waals surface area contributed by atoms with Gasteiger partial charge in [-0.05, 0) is 18.6 Å². The van der Waals surface area contributed by atoms with E-state index in [4.69, 9.17) is 0 Å². The number of fused-ring (bicyclic) bond motifs is 1. The van der Waals surface area contributed by atoms with Crippen LogP contribution in [-0.2, 0) is 11.3 Å². The van der Waals surface area contributed by atoms with Crippen molar-refractivity contribution in [1.82, 2.24) is 19.5 Å². The second-order valence-corrected chi connectivity index (χ2v) is 5.62. The van der Waals surface area contributed by atoms with E-state index in [1.54, 1.807) is 24.3 Å². The Bertz CT molecular complexity index is 1030. The largest absolute Gasteiger partial charge is 0.465 e. The molecule has 0 spiro atoms. The van der Waals surface area contributed by atoms with Crippen LogP contribution in [0.1, 0.15) is 30.1 Å². The molecule has 0 radical (unpaired) electrons. The predicted octanol–water partition coefficient (Wildman–Crippen LogP) is 1.67. The van der Waals surface area contributed by atoms with Crippen LogP contribution >= 0.6 is 0 Å². The predicted molar refractivity (Wildman–Crippen MR) is 92.7 cm³/mol. The van der Waals surface area contributed by atoms with Crippen LogP contribution < -0.4 is 11.2 Å². The van der Waals surface area contributed by atoms with Crippen molar-refractivity contribution < 1.29 is 9.53 Å². The number of nitrogens with one attached hydrogen (secondary N) is 2. The van der Waals surface area contributed by atoms with E-state index in [0.717, 1.165) is 12.8 Å². The van der Waals surface area contributed by atoms with Crippen LogP contribution in [0.4, 0.5) is 0 Å². The van der Waals surface area contributed by atoms with E-state index in [1.807, 2.05) is 6.92 Å². The molecule has 0 saturated heterocycles. The molecule has 1 aromatic carbocycles. The molecule has 0 fully saturated rings. The Kier molecular flexibility index (Phi) is 4.51. The number of methoxy groups -OCH3 is 1. The molecule has 8 nitrogen and oxygen atoms in total. The van der Waals surface area contributed by atoms with Crippen LogP contribution in [0.25, 0.3) is 22.6 Å². The van der Waals surface area contributed by atoms with Gasteiger partial charge in [0.2, 0.25) is 0 Å². The molecule has 0 unspecified atom stereocenters. The summed E-state index contributed by atoms with van der Waals surface area (Å²) in [6.07, 6.45) is 1.62. The summed E-state index contributed by atoms with van der Waals surface area (Å²) in [6.45, 7) is 2.35. The number of hydrogen-bond donors (Lipinski definition) is 2. The zero-order valence-electron chi connectivity index (χ0n) is 14.0. The fourth-order valence-electron chi connectivity index (χ4n) is 2.55. The molecular weight excluding hydrogens is 324 g/mol. The van der Waals surface area contributed by atoms with Crippen molar-refractivity contribution in [2.75, 3.05) is 7.11 Å². The summed E-state index contributed by atoms with van der Waals surface area (Å²) in [5.74, 6) is 0.00621. The third-order valence-corrected chi connectivity index (χ3v) is 3.95. The van der Waals surface area contributed by atoms with E-state index in [0.29, 0.717) is 23.5 Å². The lowest BCUT2D eigenvalue weighted by Crippen LogP contribution is -2.35. The maximum Gasteiger partial charge on any atom is 0.337 e. The van der Waals surface area contributed by atoms with Gasteiger partial charge >= 0.3 is 11.7 Å². The second-order valence-electron chi connectivity index (χ2n) is 5.62. The summed E-state index contributed by atoms with van der Waals surface area (Å²) in [6, 6.07) is 6.60. The fourth-order valence-corrected chi connectivity index (χ4v) is 2.55. The number of imidazole rings is 1. The minimum absolute atomic E-state index is 0.217. The van der Waals surface area contributed by atoms with Crippen LogP contribution in [0, 0.1) is 0 Å². The Balaban J connectivity index is 2.04. The summed E-state index contributed by atoms with van der Waals surface area (Å²) >= 11 is 0. The van der Waals surface area contributed by atoms with Gasteiger partial charge in [-0.2, -0.15) is 0 Å². The molecule has 0 aliphatic carbocycles. The maximum absolute atomic E-state index is 12.5.